The molecule has 0 radical (unpaired) electrons. The summed E-state index contributed by atoms with van der Waals surface area (Å²) in [5.41, 5.74) is 0. The van der Waals surface area contributed by atoms with E-state index in [1.54, 1.807) is 24.5 Å². The van der Waals surface area contributed by atoms with E-state index in [9.17, 15) is 9.90 Å². The average Bonchev–Trinajstić information content (AvgIpc) is 3.19. The zero-order valence-electron chi connectivity index (χ0n) is 11.7. The van der Waals surface area contributed by atoms with Crippen molar-refractivity contribution in [2.75, 3.05) is 6.54 Å². The van der Waals surface area contributed by atoms with Crippen LogP contribution in [-0.2, 0) is 4.79 Å². The van der Waals surface area contributed by atoms with Gasteiger partial charge in [-0.25, -0.2) is 0 Å². The van der Waals surface area contributed by atoms with Crippen molar-refractivity contribution in [1.29, 1.82) is 0 Å². The first kappa shape index (κ1) is 14.6. The summed E-state index contributed by atoms with van der Waals surface area (Å²) in [5.74, 6) is 0.344. The molecule has 0 saturated heterocycles. The van der Waals surface area contributed by atoms with Crippen LogP contribution in [0.5, 0.6) is 0 Å². The molecule has 1 amide bonds. The highest BCUT2D eigenvalue weighted by Crippen LogP contribution is 2.29. The van der Waals surface area contributed by atoms with Gasteiger partial charge in [-0.05, 0) is 35.7 Å². The van der Waals surface area contributed by atoms with Crippen LogP contribution in [0.2, 0.25) is 0 Å². The van der Waals surface area contributed by atoms with E-state index in [2.05, 4.69) is 5.32 Å². The Bertz CT molecular complexity index is 756. The molecule has 22 heavy (non-hydrogen) atoms. The van der Waals surface area contributed by atoms with Crippen molar-refractivity contribution in [3.05, 3.63) is 65.4 Å². The second kappa shape index (κ2) is 6.60. The van der Waals surface area contributed by atoms with Crippen LogP contribution >= 0.6 is 11.3 Å². The van der Waals surface area contributed by atoms with Crippen LogP contribution in [0.4, 0.5) is 0 Å². The molecule has 0 spiro atoms. The van der Waals surface area contributed by atoms with Crippen LogP contribution in [0.1, 0.15) is 16.7 Å². The molecule has 2 aromatic heterocycles. The lowest BCUT2D eigenvalue weighted by atomic mass is 10.2. The number of rotatable bonds is 5. The van der Waals surface area contributed by atoms with Crippen molar-refractivity contribution >= 4 is 33.4 Å². The fraction of sp³-hybridized carbons (Fsp3) is 0.118. The fourth-order valence-corrected chi connectivity index (χ4v) is 3.12. The number of carbonyl (C=O) groups is 1. The van der Waals surface area contributed by atoms with E-state index in [1.807, 2.05) is 30.3 Å². The van der Waals surface area contributed by atoms with Crippen molar-refractivity contribution < 1.29 is 14.3 Å². The Balaban J connectivity index is 1.57. The Morgan fingerprint density at radius 3 is 2.95 bits per heavy atom. The lowest BCUT2D eigenvalue weighted by molar-refractivity contribution is -0.116. The summed E-state index contributed by atoms with van der Waals surface area (Å²) in [6.07, 6.45) is 3.80. The second-order valence-corrected chi connectivity index (χ2v) is 5.91. The molecule has 5 heteroatoms. The molecule has 3 aromatic rings. The molecule has 0 aliphatic heterocycles. The summed E-state index contributed by atoms with van der Waals surface area (Å²) in [7, 11) is 0. The Morgan fingerprint density at radius 1 is 1.32 bits per heavy atom. The molecule has 1 atom stereocenters. The van der Waals surface area contributed by atoms with Gasteiger partial charge in [0.25, 0.3) is 0 Å². The largest absolute Gasteiger partial charge is 0.465 e. The maximum absolute atomic E-state index is 11.7. The molecule has 0 fully saturated rings. The normalized spacial score (nSPS) is 12.8. The first-order valence-corrected chi connectivity index (χ1v) is 7.70. The summed E-state index contributed by atoms with van der Waals surface area (Å²) in [5, 5.41) is 14.0. The van der Waals surface area contributed by atoms with E-state index in [1.165, 1.54) is 17.4 Å². The van der Waals surface area contributed by atoms with Crippen molar-refractivity contribution in [1.82, 2.24) is 5.32 Å². The molecule has 4 nitrogen and oxygen atoms in total. The van der Waals surface area contributed by atoms with Crippen molar-refractivity contribution in [2.45, 2.75) is 6.10 Å². The number of carbonyl (C=O) groups excluding carboxylic acids is 1. The van der Waals surface area contributed by atoms with Gasteiger partial charge in [0.05, 0.1) is 6.26 Å². The van der Waals surface area contributed by atoms with Gasteiger partial charge in [0.15, 0.2) is 0 Å². The van der Waals surface area contributed by atoms with E-state index < -0.39 is 6.10 Å². The first-order chi connectivity index (χ1) is 10.7. The number of hydrogen-bond acceptors (Lipinski definition) is 4. The van der Waals surface area contributed by atoms with E-state index >= 15 is 0 Å². The Labute approximate surface area is 131 Å². The minimum atomic E-state index is -0.710. The van der Waals surface area contributed by atoms with E-state index in [4.69, 9.17) is 4.42 Å². The molecule has 2 N–H and O–H groups in total. The number of benzene rings is 1. The summed E-state index contributed by atoms with van der Waals surface area (Å²) in [4.78, 5) is 12.5. The number of thiophene rings is 1. The lowest BCUT2D eigenvalue weighted by Crippen LogP contribution is -2.26. The number of amides is 1. The van der Waals surface area contributed by atoms with Gasteiger partial charge in [0.2, 0.25) is 5.91 Å². The Morgan fingerprint density at radius 2 is 2.18 bits per heavy atom. The van der Waals surface area contributed by atoms with Crippen molar-refractivity contribution in [2.24, 2.45) is 0 Å². The average molecular weight is 313 g/mol. The molecule has 2 heterocycles. The predicted molar refractivity (Wildman–Crippen MR) is 87.5 cm³/mol. The molecule has 3 rings (SSSR count). The topological polar surface area (TPSA) is 62.5 Å². The third-order valence-electron chi connectivity index (χ3n) is 3.18. The van der Waals surface area contributed by atoms with E-state index in [0.717, 1.165) is 15.0 Å². The van der Waals surface area contributed by atoms with Crippen LogP contribution < -0.4 is 5.32 Å². The zero-order chi connectivity index (χ0) is 15.4. The van der Waals surface area contributed by atoms with Crippen LogP contribution in [-0.4, -0.2) is 17.6 Å². The molecule has 1 unspecified atom stereocenters. The van der Waals surface area contributed by atoms with Gasteiger partial charge in [-0.3, -0.25) is 4.79 Å². The van der Waals surface area contributed by atoms with Gasteiger partial charge in [0.1, 0.15) is 11.9 Å². The highest BCUT2D eigenvalue weighted by Gasteiger charge is 2.12. The maximum Gasteiger partial charge on any atom is 0.244 e. The third-order valence-corrected chi connectivity index (χ3v) is 4.40. The molecule has 112 valence electrons. The third kappa shape index (κ3) is 3.44. The molecule has 0 aliphatic rings. The smallest absolute Gasteiger partial charge is 0.244 e. The molecule has 1 aromatic carbocycles. The zero-order valence-corrected chi connectivity index (χ0v) is 12.5. The molecule has 0 bridgehead atoms. The standard InChI is InChI=1S/C17H15NO3S/c19-14(16-10-12-4-1-2-6-15(12)22-16)11-18-17(20)8-7-13-5-3-9-21-13/h1-10,14,19H,11H2,(H,18,20)/b8-7+. The van der Waals surface area contributed by atoms with Gasteiger partial charge >= 0.3 is 0 Å². The van der Waals surface area contributed by atoms with Gasteiger partial charge in [-0.1, -0.05) is 18.2 Å². The van der Waals surface area contributed by atoms with Crippen LogP contribution in [0.15, 0.2) is 59.2 Å². The summed E-state index contributed by atoms with van der Waals surface area (Å²) in [6.45, 7) is 0.175. The van der Waals surface area contributed by atoms with E-state index in [-0.39, 0.29) is 12.5 Å². The molecule has 0 saturated carbocycles. The summed E-state index contributed by atoms with van der Waals surface area (Å²) >= 11 is 1.53. The Hall–Kier alpha value is -2.37. The van der Waals surface area contributed by atoms with Gasteiger partial charge in [-0.2, -0.15) is 0 Å². The number of hydrogen-bond donors (Lipinski definition) is 2. The monoisotopic (exact) mass is 313 g/mol. The fourth-order valence-electron chi connectivity index (χ4n) is 2.07. The number of furan rings is 1. The number of nitrogens with one attached hydrogen (secondary N) is 1. The predicted octanol–water partition coefficient (Wildman–Crippen LogP) is 3.36. The minimum absolute atomic E-state index is 0.175. The first-order valence-electron chi connectivity index (χ1n) is 6.88. The quantitative estimate of drug-likeness (QED) is 0.710. The maximum atomic E-state index is 11.7. The number of aliphatic hydroxyl groups is 1. The van der Waals surface area contributed by atoms with Gasteiger partial charge < -0.3 is 14.8 Å². The highest BCUT2D eigenvalue weighted by atomic mass is 32.1. The van der Waals surface area contributed by atoms with Crippen molar-refractivity contribution in [3.63, 3.8) is 0 Å². The van der Waals surface area contributed by atoms with Gasteiger partial charge in [-0.15, -0.1) is 11.3 Å². The second-order valence-electron chi connectivity index (χ2n) is 4.80. The summed E-state index contributed by atoms with van der Waals surface area (Å²) in [6, 6.07) is 13.4. The van der Waals surface area contributed by atoms with E-state index in [0.29, 0.717) is 5.76 Å². The molecule has 0 aliphatic carbocycles. The van der Waals surface area contributed by atoms with Crippen LogP contribution in [0, 0.1) is 0 Å². The van der Waals surface area contributed by atoms with Crippen LogP contribution in [0.3, 0.4) is 0 Å². The SMILES string of the molecule is O=C(/C=C/c1ccco1)NCC(O)c1cc2ccccc2s1. The lowest BCUT2D eigenvalue weighted by Gasteiger charge is -2.08. The minimum Gasteiger partial charge on any atom is -0.465 e. The van der Waals surface area contributed by atoms with Crippen molar-refractivity contribution in [3.8, 4) is 0 Å². The number of fused-ring (bicyclic) bond motifs is 1. The molecular weight excluding hydrogens is 298 g/mol. The summed E-state index contributed by atoms with van der Waals surface area (Å²) < 4.78 is 6.22. The Kier molecular flexibility index (Phi) is 4.37. The van der Waals surface area contributed by atoms with Crippen LogP contribution in [0.25, 0.3) is 16.2 Å². The van der Waals surface area contributed by atoms with Gasteiger partial charge in [0, 0.05) is 22.2 Å². The molecular formula is C17H15NO3S. The highest BCUT2D eigenvalue weighted by molar-refractivity contribution is 7.19. The number of aliphatic hydroxyl groups excluding tert-OH is 1.